The molecule has 0 N–H and O–H groups in total. The van der Waals surface area contributed by atoms with Gasteiger partial charge in [-0.05, 0) is 41.7 Å². The lowest BCUT2D eigenvalue weighted by atomic mass is 9.82. The summed E-state index contributed by atoms with van der Waals surface area (Å²) in [7, 11) is 0. The van der Waals surface area contributed by atoms with E-state index < -0.39 is 0 Å². The van der Waals surface area contributed by atoms with Crippen LogP contribution in [-0.2, 0) is 6.54 Å². The number of imidazole rings is 1. The maximum atomic E-state index is 13.3. The highest BCUT2D eigenvalue weighted by atomic mass is 16.2. The molecule has 2 bridgehead atoms. The Morgan fingerprint density at radius 3 is 2.71 bits per heavy atom. The highest BCUT2D eigenvalue weighted by Gasteiger charge is 2.37. The number of carbonyl (C=O) groups is 1. The number of piperidine rings is 1. The van der Waals surface area contributed by atoms with Crippen LogP contribution in [0.3, 0.4) is 0 Å². The van der Waals surface area contributed by atoms with Gasteiger partial charge < -0.3 is 13.9 Å². The number of benzene rings is 1. The molecule has 2 atom stereocenters. The highest BCUT2D eigenvalue weighted by molar-refractivity contribution is 5.94. The first-order valence-electron chi connectivity index (χ1n) is 10.7. The second kappa shape index (κ2) is 6.94. The lowest BCUT2D eigenvalue weighted by Crippen LogP contribution is -2.49. The van der Waals surface area contributed by atoms with E-state index in [0.717, 1.165) is 28.9 Å². The normalized spacial score (nSPS) is 19.9. The molecule has 0 spiro atoms. The smallest absolute Gasteiger partial charge is 0.255 e. The number of hydrogen-bond acceptors (Lipinski definition) is 3. The minimum Gasteiger partial charge on any atom is -0.338 e. The first-order chi connectivity index (χ1) is 15.2. The van der Waals surface area contributed by atoms with Crippen molar-refractivity contribution in [1.82, 2.24) is 18.9 Å². The van der Waals surface area contributed by atoms with Crippen molar-refractivity contribution in [2.45, 2.75) is 18.9 Å². The summed E-state index contributed by atoms with van der Waals surface area (Å²) in [6.45, 7) is 1.99. The summed E-state index contributed by atoms with van der Waals surface area (Å²) in [6, 6.07) is 17.6. The van der Waals surface area contributed by atoms with Crippen LogP contribution in [0.25, 0.3) is 16.8 Å². The standard InChI is InChI=1S/C25H22N4O2/c30-24-12-20(18-4-2-1-3-5-18)11-22-21-10-17(14-29(22)24)13-28(16-21)25(31)19-6-7-23-26-8-9-27(23)15-19/h1-9,11-12,15,17,21H,10,13-14,16H2/t17-,21+/m0/s1. The summed E-state index contributed by atoms with van der Waals surface area (Å²) in [5.74, 6) is 0.512. The molecule has 1 fully saturated rings. The van der Waals surface area contributed by atoms with Crippen molar-refractivity contribution in [3.05, 3.63) is 94.8 Å². The van der Waals surface area contributed by atoms with Crippen molar-refractivity contribution in [3.8, 4) is 11.1 Å². The van der Waals surface area contributed by atoms with Crippen molar-refractivity contribution in [2.24, 2.45) is 5.92 Å². The SMILES string of the molecule is O=C(c1ccc2nccn2c1)N1C[C@@H]2C[C@H](C1)c1cc(-c3ccccc3)cc(=O)n1C2. The number of likely N-dealkylation sites (tertiary alicyclic amines) is 1. The Hall–Kier alpha value is -3.67. The van der Waals surface area contributed by atoms with Crippen molar-refractivity contribution in [1.29, 1.82) is 0 Å². The molecule has 0 unspecified atom stereocenters. The molecule has 6 rings (SSSR count). The average molecular weight is 410 g/mol. The van der Waals surface area contributed by atoms with Gasteiger partial charge in [0.05, 0.1) is 5.56 Å². The average Bonchev–Trinajstić information content (AvgIpc) is 3.27. The van der Waals surface area contributed by atoms with Crippen molar-refractivity contribution >= 4 is 11.6 Å². The van der Waals surface area contributed by atoms with E-state index in [1.165, 1.54) is 0 Å². The molecule has 31 heavy (non-hydrogen) atoms. The van der Waals surface area contributed by atoms with Gasteiger partial charge in [0.1, 0.15) is 5.65 Å². The highest BCUT2D eigenvalue weighted by Crippen LogP contribution is 2.37. The van der Waals surface area contributed by atoms with Crippen LogP contribution in [0.5, 0.6) is 0 Å². The predicted molar refractivity (Wildman–Crippen MR) is 118 cm³/mol. The Labute approximate surface area is 179 Å². The van der Waals surface area contributed by atoms with Gasteiger partial charge in [0, 0.05) is 55.9 Å². The summed E-state index contributed by atoms with van der Waals surface area (Å²) in [5, 5.41) is 0. The van der Waals surface area contributed by atoms with Crippen LogP contribution in [0.2, 0.25) is 0 Å². The number of fused-ring (bicyclic) bond motifs is 5. The predicted octanol–water partition coefficient (Wildman–Crippen LogP) is 3.42. The molecule has 4 aromatic rings. The van der Waals surface area contributed by atoms with Crippen LogP contribution in [0.1, 0.15) is 28.4 Å². The number of amides is 1. The molecule has 1 aromatic carbocycles. The van der Waals surface area contributed by atoms with E-state index in [1.807, 2.05) is 68.7 Å². The van der Waals surface area contributed by atoms with Crippen molar-refractivity contribution < 1.29 is 4.79 Å². The second-order valence-corrected chi connectivity index (χ2v) is 8.60. The number of carbonyl (C=O) groups excluding carboxylic acids is 1. The van der Waals surface area contributed by atoms with E-state index in [-0.39, 0.29) is 17.4 Å². The van der Waals surface area contributed by atoms with Gasteiger partial charge in [-0.2, -0.15) is 0 Å². The number of pyridine rings is 2. The van der Waals surface area contributed by atoms with Crippen LogP contribution >= 0.6 is 0 Å². The monoisotopic (exact) mass is 410 g/mol. The van der Waals surface area contributed by atoms with Gasteiger partial charge >= 0.3 is 0 Å². The topological polar surface area (TPSA) is 59.6 Å². The number of nitrogens with zero attached hydrogens (tertiary/aromatic N) is 4. The molecule has 1 amide bonds. The zero-order valence-corrected chi connectivity index (χ0v) is 17.0. The molecule has 2 aliphatic rings. The fourth-order valence-electron chi connectivity index (χ4n) is 5.15. The van der Waals surface area contributed by atoms with Crippen LogP contribution < -0.4 is 5.56 Å². The Bertz CT molecular complexity index is 1350. The first-order valence-corrected chi connectivity index (χ1v) is 10.7. The molecule has 2 aliphatic heterocycles. The summed E-state index contributed by atoms with van der Waals surface area (Å²) in [4.78, 5) is 32.4. The summed E-state index contributed by atoms with van der Waals surface area (Å²) in [5.41, 5.74) is 4.59. The fourth-order valence-corrected chi connectivity index (χ4v) is 5.15. The van der Waals surface area contributed by atoms with Crippen molar-refractivity contribution in [2.75, 3.05) is 13.1 Å². The Morgan fingerprint density at radius 1 is 0.968 bits per heavy atom. The molecule has 0 saturated carbocycles. The minimum atomic E-state index is 0.0420. The van der Waals surface area contributed by atoms with Crippen LogP contribution in [-0.4, -0.2) is 37.8 Å². The zero-order valence-electron chi connectivity index (χ0n) is 17.0. The quantitative estimate of drug-likeness (QED) is 0.509. The Kier molecular flexibility index (Phi) is 4.06. The summed E-state index contributed by atoms with van der Waals surface area (Å²) >= 11 is 0. The van der Waals surface area contributed by atoms with E-state index in [4.69, 9.17) is 0 Å². The molecule has 154 valence electrons. The molecule has 0 aliphatic carbocycles. The zero-order chi connectivity index (χ0) is 20.9. The number of rotatable bonds is 2. The van der Waals surface area contributed by atoms with E-state index in [0.29, 0.717) is 31.1 Å². The third kappa shape index (κ3) is 3.06. The lowest BCUT2D eigenvalue weighted by Gasteiger charge is -2.43. The minimum absolute atomic E-state index is 0.0420. The van der Waals surface area contributed by atoms with Gasteiger partial charge in [-0.25, -0.2) is 4.98 Å². The molecular formula is C25H22N4O2. The summed E-state index contributed by atoms with van der Waals surface area (Å²) in [6.07, 6.45) is 6.45. The maximum absolute atomic E-state index is 13.3. The maximum Gasteiger partial charge on any atom is 0.255 e. The van der Waals surface area contributed by atoms with Gasteiger partial charge in [-0.15, -0.1) is 0 Å². The first kappa shape index (κ1) is 18.1. The van der Waals surface area contributed by atoms with E-state index in [2.05, 4.69) is 11.1 Å². The Balaban J connectivity index is 1.34. The summed E-state index contributed by atoms with van der Waals surface area (Å²) < 4.78 is 3.80. The van der Waals surface area contributed by atoms with Gasteiger partial charge in [0.15, 0.2) is 0 Å². The number of aromatic nitrogens is 3. The number of hydrogen-bond donors (Lipinski definition) is 0. The van der Waals surface area contributed by atoms with Gasteiger partial charge in [-0.3, -0.25) is 9.59 Å². The second-order valence-electron chi connectivity index (χ2n) is 8.60. The van der Waals surface area contributed by atoms with Crippen LogP contribution in [0.15, 0.2) is 78.0 Å². The third-order valence-corrected chi connectivity index (χ3v) is 6.59. The van der Waals surface area contributed by atoms with Gasteiger partial charge in [-0.1, -0.05) is 30.3 Å². The van der Waals surface area contributed by atoms with Gasteiger partial charge in [0.2, 0.25) is 0 Å². The largest absolute Gasteiger partial charge is 0.338 e. The molecular weight excluding hydrogens is 388 g/mol. The fraction of sp³-hybridized carbons (Fsp3) is 0.240. The molecule has 3 aromatic heterocycles. The lowest BCUT2D eigenvalue weighted by molar-refractivity contribution is 0.0594. The molecule has 5 heterocycles. The Morgan fingerprint density at radius 2 is 1.84 bits per heavy atom. The van der Waals surface area contributed by atoms with E-state index in [1.54, 1.807) is 12.3 Å². The van der Waals surface area contributed by atoms with Crippen molar-refractivity contribution in [3.63, 3.8) is 0 Å². The van der Waals surface area contributed by atoms with E-state index in [9.17, 15) is 9.59 Å². The molecule has 6 nitrogen and oxygen atoms in total. The molecule has 6 heteroatoms. The molecule has 0 radical (unpaired) electrons. The van der Waals surface area contributed by atoms with Crippen LogP contribution in [0.4, 0.5) is 0 Å². The third-order valence-electron chi connectivity index (χ3n) is 6.59. The molecule has 1 saturated heterocycles. The van der Waals surface area contributed by atoms with Crippen LogP contribution in [0, 0.1) is 5.92 Å². The van der Waals surface area contributed by atoms with Gasteiger partial charge in [0.25, 0.3) is 11.5 Å². The van der Waals surface area contributed by atoms with E-state index >= 15 is 0 Å².